The topological polar surface area (TPSA) is 86.4 Å². The zero-order valence-corrected chi connectivity index (χ0v) is 20.2. The number of anilines is 2. The molecule has 7 nitrogen and oxygen atoms in total. The Morgan fingerprint density at radius 3 is 2.83 bits per heavy atom. The molecule has 0 radical (unpaired) electrons. The fourth-order valence-corrected chi connectivity index (χ4v) is 5.89. The second kappa shape index (κ2) is 7.98. The largest absolute Gasteiger partial charge is 0.491 e. The number of nitrogen functional groups attached to an aromatic ring is 1. The summed E-state index contributed by atoms with van der Waals surface area (Å²) >= 11 is 6.61. The number of hydrogen-bond donors (Lipinski definition) is 1. The predicted molar refractivity (Wildman–Crippen MR) is 122 cm³/mol. The van der Waals surface area contributed by atoms with E-state index in [2.05, 4.69) is 59.8 Å². The van der Waals surface area contributed by atoms with Crippen LogP contribution in [0.5, 0.6) is 5.75 Å². The van der Waals surface area contributed by atoms with Crippen LogP contribution in [0.2, 0.25) is 18.2 Å². The first-order valence-electron chi connectivity index (χ1n) is 10.5. The minimum absolute atomic E-state index is 0.0131. The zero-order valence-electron chi connectivity index (χ0n) is 18.3. The minimum atomic E-state index is -1.28. The molecule has 2 aliphatic heterocycles. The predicted octanol–water partition coefficient (Wildman–Crippen LogP) is 3.56. The van der Waals surface area contributed by atoms with E-state index < -0.39 is 9.04 Å². The molecular formula is C21H30ClN5O2Si. The Balaban J connectivity index is 1.70. The van der Waals surface area contributed by atoms with Gasteiger partial charge in [-0.1, -0.05) is 32.4 Å². The SMILES string of the molecule is C[SiH](C)OC(C1CN(Cc2cnc3c(c2)OCC3)c2nc(N)nc(Cl)c21)C(C)(C)C. The smallest absolute Gasteiger partial charge is 0.223 e. The van der Waals surface area contributed by atoms with Gasteiger partial charge in [-0.05, 0) is 30.1 Å². The zero-order chi connectivity index (χ0) is 21.6. The number of hydrogen-bond acceptors (Lipinski definition) is 7. The molecule has 2 unspecified atom stereocenters. The van der Waals surface area contributed by atoms with Crippen molar-refractivity contribution in [3.05, 3.63) is 34.2 Å². The Hall–Kier alpha value is -1.90. The number of pyridine rings is 1. The lowest BCUT2D eigenvalue weighted by Gasteiger charge is -2.37. The molecule has 0 amide bonds. The molecule has 0 fully saturated rings. The third-order valence-electron chi connectivity index (χ3n) is 5.58. The van der Waals surface area contributed by atoms with Gasteiger partial charge in [0.1, 0.15) is 16.7 Å². The lowest BCUT2D eigenvalue weighted by atomic mass is 9.79. The highest BCUT2D eigenvalue weighted by molar-refractivity contribution is 6.48. The minimum Gasteiger partial charge on any atom is -0.491 e. The van der Waals surface area contributed by atoms with Crippen LogP contribution in [0.15, 0.2) is 12.3 Å². The second-order valence-electron chi connectivity index (χ2n) is 9.46. The van der Waals surface area contributed by atoms with Crippen LogP contribution in [0.4, 0.5) is 11.8 Å². The lowest BCUT2D eigenvalue weighted by Crippen LogP contribution is -2.40. The average molecular weight is 448 g/mol. The first kappa shape index (κ1) is 21.3. The Bertz CT molecular complexity index is 950. The Labute approximate surface area is 184 Å². The van der Waals surface area contributed by atoms with Crippen LogP contribution in [0.1, 0.15) is 43.5 Å². The van der Waals surface area contributed by atoms with Crippen molar-refractivity contribution in [2.45, 2.75) is 58.9 Å². The molecule has 0 saturated carbocycles. The van der Waals surface area contributed by atoms with Crippen LogP contribution in [0.25, 0.3) is 0 Å². The van der Waals surface area contributed by atoms with Crippen molar-refractivity contribution in [2.75, 3.05) is 23.8 Å². The molecule has 2 aromatic rings. The summed E-state index contributed by atoms with van der Waals surface area (Å²) in [6.45, 7) is 13.1. The van der Waals surface area contributed by atoms with Gasteiger partial charge in [0.15, 0.2) is 9.04 Å². The normalized spacial score (nSPS) is 19.0. The Morgan fingerprint density at radius 1 is 1.37 bits per heavy atom. The fraction of sp³-hybridized carbons (Fsp3) is 0.571. The molecule has 0 spiro atoms. The van der Waals surface area contributed by atoms with E-state index in [0.29, 0.717) is 18.3 Å². The fourth-order valence-electron chi connectivity index (χ4n) is 4.39. The Kier molecular flexibility index (Phi) is 5.67. The molecule has 2 aromatic heterocycles. The van der Waals surface area contributed by atoms with E-state index in [9.17, 15) is 0 Å². The number of halogens is 1. The van der Waals surface area contributed by atoms with E-state index in [1.807, 2.05) is 6.20 Å². The molecule has 2 atom stereocenters. The van der Waals surface area contributed by atoms with E-state index in [0.717, 1.165) is 41.4 Å². The highest BCUT2D eigenvalue weighted by atomic mass is 35.5. The maximum atomic E-state index is 6.61. The molecule has 0 aromatic carbocycles. The van der Waals surface area contributed by atoms with E-state index in [4.69, 9.17) is 26.5 Å². The van der Waals surface area contributed by atoms with E-state index in [1.54, 1.807) is 0 Å². The summed E-state index contributed by atoms with van der Waals surface area (Å²) in [7, 11) is -1.28. The summed E-state index contributed by atoms with van der Waals surface area (Å²) in [6.07, 6.45) is 2.80. The number of nitrogens with two attached hydrogens (primary N) is 1. The van der Waals surface area contributed by atoms with Gasteiger partial charge < -0.3 is 19.8 Å². The van der Waals surface area contributed by atoms with E-state index in [1.165, 1.54) is 0 Å². The third-order valence-corrected chi connectivity index (χ3v) is 6.70. The van der Waals surface area contributed by atoms with Crippen molar-refractivity contribution in [2.24, 2.45) is 5.41 Å². The third kappa shape index (κ3) is 4.13. The monoisotopic (exact) mass is 447 g/mol. The number of rotatable bonds is 5. The molecule has 0 saturated heterocycles. The molecule has 30 heavy (non-hydrogen) atoms. The number of nitrogens with zero attached hydrogens (tertiary/aromatic N) is 4. The molecule has 4 heterocycles. The molecule has 4 rings (SSSR count). The van der Waals surface area contributed by atoms with Gasteiger partial charge in [-0.3, -0.25) is 4.98 Å². The second-order valence-corrected chi connectivity index (χ2v) is 12.2. The van der Waals surface area contributed by atoms with Crippen LogP contribution in [0.3, 0.4) is 0 Å². The van der Waals surface area contributed by atoms with Gasteiger partial charge in [0.25, 0.3) is 0 Å². The first-order valence-corrected chi connectivity index (χ1v) is 13.6. The molecule has 0 aliphatic carbocycles. The quantitative estimate of drug-likeness (QED) is 0.553. The van der Waals surface area contributed by atoms with Crippen molar-refractivity contribution < 1.29 is 9.16 Å². The van der Waals surface area contributed by atoms with Crippen molar-refractivity contribution in [3.8, 4) is 5.75 Å². The molecule has 2 N–H and O–H groups in total. The number of aromatic nitrogens is 3. The first-order chi connectivity index (χ1) is 14.1. The van der Waals surface area contributed by atoms with Crippen LogP contribution >= 0.6 is 11.6 Å². The van der Waals surface area contributed by atoms with Crippen LogP contribution < -0.4 is 15.4 Å². The van der Waals surface area contributed by atoms with Gasteiger partial charge in [0.2, 0.25) is 5.95 Å². The summed E-state index contributed by atoms with van der Waals surface area (Å²) in [5.41, 5.74) is 8.94. The summed E-state index contributed by atoms with van der Waals surface area (Å²) < 4.78 is 12.2. The van der Waals surface area contributed by atoms with Crippen LogP contribution in [-0.4, -0.2) is 43.2 Å². The van der Waals surface area contributed by atoms with Gasteiger partial charge in [-0.2, -0.15) is 4.98 Å². The van der Waals surface area contributed by atoms with Gasteiger partial charge in [0.05, 0.1) is 18.4 Å². The standard InChI is InChI=1S/C21H30ClN5O2Si/c1-21(2,3)17(29-30(4)5)13-11-27(19-16(13)18(22)25-20(23)26-19)10-12-8-15-14(24-9-12)6-7-28-15/h8-9,13,17,30H,6-7,10-11H2,1-5H3,(H2,23,25,26). The van der Waals surface area contributed by atoms with Gasteiger partial charge in [-0.15, -0.1) is 0 Å². The van der Waals surface area contributed by atoms with Crippen LogP contribution in [0, 0.1) is 5.41 Å². The molecule has 2 aliphatic rings. The molecular weight excluding hydrogens is 418 g/mol. The van der Waals surface area contributed by atoms with Crippen molar-refractivity contribution in [1.29, 1.82) is 0 Å². The lowest BCUT2D eigenvalue weighted by molar-refractivity contribution is 0.0648. The highest BCUT2D eigenvalue weighted by Gasteiger charge is 2.43. The van der Waals surface area contributed by atoms with Crippen molar-refractivity contribution >= 4 is 32.4 Å². The molecule has 0 bridgehead atoms. The van der Waals surface area contributed by atoms with E-state index >= 15 is 0 Å². The van der Waals surface area contributed by atoms with Gasteiger partial charge in [-0.25, -0.2) is 4.98 Å². The van der Waals surface area contributed by atoms with Crippen LogP contribution in [-0.2, 0) is 17.4 Å². The van der Waals surface area contributed by atoms with E-state index in [-0.39, 0.29) is 23.4 Å². The summed E-state index contributed by atoms with van der Waals surface area (Å²) in [6, 6.07) is 2.08. The average Bonchev–Trinajstić information content (AvgIpc) is 3.23. The maximum Gasteiger partial charge on any atom is 0.223 e. The maximum absolute atomic E-state index is 6.61. The summed E-state index contributed by atoms with van der Waals surface area (Å²) in [4.78, 5) is 15.6. The summed E-state index contributed by atoms with van der Waals surface area (Å²) in [5, 5.41) is 0.420. The molecule has 162 valence electrons. The van der Waals surface area contributed by atoms with Crippen molar-refractivity contribution in [3.63, 3.8) is 0 Å². The number of fused-ring (bicyclic) bond motifs is 2. The van der Waals surface area contributed by atoms with Crippen molar-refractivity contribution in [1.82, 2.24) is 15.0 Å². The highest BCUT2D eigenvalue weighted by Crippen LogP contribution is 2.46. The molecule has 9 heteroatoms. The van der Waals surface area contributed by atoms with Gasteiger partial charge >= 0.3 is 0 Å². The Morgan fingerprint density at radius 2 is 2.13 bits per heavy atom. The summed E-state index contributed by atoms with van der Waals surface area (Å²) in [5.74, 6) is 1.93. The number of ether oxygens (including phenoxy) is 1. The van der Waals surface area contributed by atoms with Gasteiger partial charge in [0, 0.05) is 37.2 Å².